The summed E-state index contributed by atoms with van der Waals surface area (Å²) in [7, 11) is 1.82. The molecule has 0 atom stereocenters. The first-order valence-electron chi connectivity index (χ1n) is 11.7. The Labute approximate surface area is 203 Å². The van der Waals surface area contributed by atoms with Crippen molar-refractivity contribution in [3.05, 3.63) is 53.6 Å². The van der Waals surface area contributed by atoms with Crippen LogP contribution in [0.5, 0.6) is 0 Å². The highest BCUT2D eigenvalue weighted by molar-refractivity contribution is 5.95. The summed E-state index contributed by atoms with van der Waals surface area (Å²) in [5.41, 5.74) is 2.12. The lowest BCUT2D eigenvalue weighted by Gasteiger charge is -2.32. The van der Waals surface area contributed by atoms with E-state index in [4.69, 9.17) is 9.47 Å². The van der Waals surface area contributed by atoms with Gasteiger partial charge >= 0.3 is 6.18 Å². The second-order valence-corrected chi connectivity index (χ2v) is 8.78. The molecule has 2 aliphatic rings. The minimum atomic E-state index is -4.50. The summed E-state index contributed by atoms with van der Waals surface area (Å²) in [6.45, 7) is 5.60. The van der Waals surface area contributed by atoms with Crippen molar-refractivity contribution >= 4 is 23.0 Å². The van der Waals surface area contributed by atoms with Crippen LogP contribution in [0.2, 0.25) is 0 Å². The minimum Gasteiger partial charge on any atom is -0.378 e. The van der Waals surface area contributed by atoms with E-state index in [0.29, 0.717) is 51.7 Å². The van der Waals surface area contributed by atoms with Gasteiger partial charge < -0.3 is 24.6 Å². The summed E-state index contributed by atoms with van der Waals surface area (Å²) < 4.78 is 50.9. The lowest BCUT2D eigenvalue weighted by molar-refractivity contribution is -0.137. The first kappa shape index (κ1) is 25.3. The van der Waals surface area contributed by atoms with Gasteiger partial charge in [0.15, 0.2) is 0 Å². The van der Waals surface area contributed by atoms with E-state index < -0.39 is 11.7 Å². The summed E-state index contributed by atoms with van der Waals surface area (Å²) in [5.74, 6) is -0.370. The summed E-state index contributed by atoms with van der Waals surface area (Å²) in [6.07, 6.45) is -4.50. The number of carbonyl (C=O) groups is 1. The number of hydrogen-bond acceptors (Lipinski definition) is 6. The summed E-state index contributed by atoms with van der Waals surface area (Å²) in [4.78, 5) is 18.9. The summed E-state index contributed by atoms with van der Waals surface area (Å²) >= 11 is 0. The van der Waals surface area contributed by atoms with Gasteiger partial charge in [0.1, 0.15) is 0 Å². The highest BCUT2D eigenvalue weighted by atomic mass is 19.4. The standard InChI is InChI=1S/C25H31F3N4O3/c1-30(17-19-4-2-3-5-22(19)31-8-12-34-13-9-31)18-24(33)29-21-16-20(25(26,27)28)6-7-23(21)32-10-14-35-15-11-32/h2-7,16H,8-15,17-18H2,1H3,(H,29,33). The zero-order chi connectivity index (χ0) is 24.8. The molecular weight excluding hydrogens is 461 g/mol. The average molecular weight is 493 g/mol. The Kier molecular flexibility index (Phi) is 8.15. The first-order valence-corrected chi connectivity index (χ1v) is 11.7. The number of carbonyl (C=O) groups excluding carboxylic acids is 1. The predicted octanol–water partition coefficient (Wildman–Crippen LogP) is 3.45. The van der Waals surface area contributed by atoms with E-state index in [9.17, 15) is 18.0 Å². The number of anilines is 3. The number of likely N-dealkylation sites (N-methyl/N-ethyl adjacent to an activating group) is 1. The van der Waals surface area contributed by atoms with Gasteiger partial charge in [-0.05, 0) is 36.9 Å². The van der Waals surface area contributed by atoms with Gasteiger partial charge in [0.05, 0.1) is 49.9 Å². The Bertz CT molecular complexity index is 1010. The molecule has 0 unspecified atom stereocenters. The van der Waals surface area contributed by atoms with E-state index in [1.165, 1.54) is 6.07 Å². The zero-order valence-electron chi connectivity index (χ0n) is 19.8. The lowest BCUT2D eigenvalue weighted by Crippen LogP contribution is -2.38. The number of hydrogen-bond donors (Lipinski definition) is 1. The van der Waals surface area contributed by atoms with Crippen LogP contribution in [-0.4, -0.2) is 77.0 Å². The van der Waals surface area contributed by atoms with Crippen molar-refractivity contribution in [3.8, 4) is 0 Å². The number of amides is 1. The maximum atomic E-state index is 13.4. The quantitative estimate of drug-likeness (QED) is 0.639. The van der Waals surface area contributed by atoms with Gasteiger partial charge in [0.25, 0.3) is 0 Å². The Morgan fingerprint density at radius 2 is 1.54 bits per heavy atom. The molecule has 0 aliphatic carbocycles. The molecule has 4 rings (SSSR count). The molecule has 0 aromatic heterocycles. The number of para-hydroxylation sites is 1. The van der Waals surface area contributed by atoms with E-state index in [2.05, 4.69) is 16.3 Å². The van der Waals surface area contributed by atoms with Crippen molar-refractivity contribution in [2.24, 2.45) is 0 Å². The Morgan fingerprint density at radius 1 is 0.943 bits per heavy atom. The van der Waals surface area contributed by atoms with Crippen molar-refractivity contribution in [2.75, 3.05) is 81.3 Å². The molecule has 2 aromatic carbocycles. The van der Waals surface area contributed by atoms with Crippen LogP contribution in [0.3, 0.4) is 0 Å². The van der Waals surface area contributed by atoms with Crippen LogP contribution in [-0.2, 0) is 27.0 Å². The number of halogens is 3. The lowest BCUT2D eigenvalue weighted by atomic mass is 10.1. The highest BCUT2D eigenvalue weighted by Crippen LogP contribution is 2.36. The van der Waals surface area contributed by atoms with E-state index in [-0.39, 0.29) is 18.1 Å². The minimum absolute atomic E-state index is 0.0379. The third-order valence-corrected chi connectivity index (χ3v) is 6.15. The molecule has 190 valence electrons. The number of ether oxygens (including phenoxy) is 2. The number of benzene rings is 2. The van der Waals surface area contributed by atoms with Gasteiger partial charge in [-0.25, -0.2) is 0 Å². The molecule has 1 amide bonds. The van der Waals surface area contributed by atoms with E-state index in [1.807, 2.05) is 35.0 Å². The fraction of sp³-hybridized carbons (Fsp3) is 0.480. The largest absolute Gasteiger partial charge is 0.416 e. The second kappa shape index (κ2) is 11.3. The van der Waals surface area contributed by atoms with Crippen molar-refractivity contribution < 1.29 is 27.4 Å². The summed E-state index contributed by atoms with van der Waals surface area (Å²) in [5, 5.41) is 2.72. The topological polar surface area (TPSA) is 57.3 Å². The van der Waals surface area contributed by atoms with Gasteiger partial charge in [-0.15, -0.1) is 0 Å². The molecule has 0 bridgehead atoms. The molecule has 2 saturated heterocycles. The molecule has 35 heavy (non-hydrogen) atoms. The molecular formula is C25H31F3N4O3. The number of rotatable bonds is 7. The maximum Gasteiger partial charge on any atom is 0.416 e. The molecule has 2 heterocycles. The smallest absolute Gasteiger partial charge is 0.378 e. The second-order valence-electron chi connectivity index (χ2n) is 8.78. The van der Waals surface area contributed by atoms with E-state index in [1.54, 1.807) is 0 Å². The van der Waals surface area contributed by atoms with Crippen molar-refractivity contribution in [3.63, 3.8) is 0 Å². The normalized spacial score (nSPS) is 17.1. The van der Waals surface area contributed by atoms with Gasteiger partial charge in [-0.2, -0.15) is 13.2 Å². The third kappa shape index (κ3) is 6.65. The van der Waals surface area contributed by atoms with Gasteiger partial charge in [-0.1, -0.05) is 18.2 Å². The SMILES string of the molecule is CN(CC(=O)Nc1cc(C(F)(F)F)ccc1N1CCOCC1)Cc1ccccc1N1CCOCC1. The molecule has 2 aromatic rings. The number of nitrogens with zero attached hydrogens (tertiary/aromatic N) is 3. The van der Waals surface area contributed by atoms with E-state index >= 15 is 0 Å². The predicted molar refractivity (Wildman–Crippen MR) is 129 cm³/mol. The molecule has 0 radical (unpaired) electrons. The first-order chi connectivity index (χ1) is 16.8. The van der Waals surface area contributed by atoms with Crippen LogP contribution in [0.25, 0.3) is 0 Å². The number of nitrogens with one attached hydrogen (secondary N) is 1. The van der Waals surface area contributed by atoms with Crippen molar-refractivity contribution in [2.45, 2.75) is 12.7 Å². The molecule has 2 fully saturated rings. The molecule has 0 spiro atoms. The molecule has 1 N–H and O–H groups in total. The van der Waals surface area contributed by atoms with Gasteiger partial charge in [0, 0.05) is 38.4 Å². The van der Waals surface area contributed by atoms with Crippen LogP contribution in [0.1, 0.15) is 11.1 Å². The van der Waals surface area contributed by atoms with E-state index in [0.717, 1.165) is 36.5 Å². The molecule has 2 aliphatic heterocycles. The summed E-state index contributed by atoms with van der Waals surface area (Å²) in [6, 6.07) is 11.5. The molecule has 7 nitrogen and oxygen atoms in total. The fourth-order valence-corrected chi connectivity index (χ4v) is 4.43. The van der Waals surface area contributed by atoms with Crippen LogP contribution in [0, 0.1) is 0 Å². The fourth-order valence-electron chi connectivity index (χ4n) is 4.43. The maximum absolute atomic E-state index is 13.4. The van der Waals surface area contributed by atoms with Crippen LogP contribution in [0.4, 0.5) is 30.2 Å². The number of alkyl halides is 3. The monoisotopic (exact) mass is 492 g/mol. The molecule has 10 heteroatoms. The van der Waals surface area contributed by atoms with Crippen LogP contribution < -0.4 is 15.1 Å². The van der Waals surface area contributed by atoms with Crippen LogP contribution in [0.15, 0.2) is 42.5 Å². The Hall–Kier alpha value is -2.82. The van der Waals surface area contributed by atoms with Crippen molar-refractivity contribution in [1.29, 1.82) is 0 Å². The zero-order valence-corrected chi connectivity index (χ0v) is 19.8. The van der Waals surface area contributed by atoms with Crippen LogP contribution >= 0.6 is 0 Å². The van der Waals surface area contributed by atoms with Crippen molar-refractivity contribution in [1.82, 2.24) is 4.90 Å². The van der Waals surface area contributed by atoms with Gasteiger partial charge in [-0.3, -0.25) is 9.69 Å². The number of morpholine rings is 2. The average Bonchev–Trinajstić information content (AvgIpc) is 2.85. The van der Waals surface area contributed by atoms with Gasteiger partial charge in [0.2, 0.25) is 5.91 Å². The Morgan fingerprint density at radius 3 is 2.17 bits per heavy atom. The highest BCUT2D eigenvalue weighted by Gasteiger charge is 2.32. The third-order valence-electron chi connectivity index (χ3n) is 6.15. The Balaban J connectivity index is 1.45. The molecule has 0 saturated carbocycles.